The third-order valence-electron chi connectivity index (χ3n) is 7.98. The number of carbonyl (C=O) groups is 1. The van der Waals surface area contributed by atoms with Crippen LogP contribution in [0.2, 0.25) is 0 Å². The molecular formula is C31H39F2N5O3. The number of likely N-dealkylation sites (N-methyl/N-ethyl adjacent to an activating group) is 1. The van der Waals surface area contributed by atoms with Crippen LogP contribution < -0.4 is 9.64 Å². The van der Waals surface area contributed by atoms with Gasteiger partial charge in [0.15, 0.2) is 17.4 Å². The number of rotatable bonds is 6. The Labute approximate surface area is 240 Å². The van der Waals surface area contributed by atoms with E-state index in [-0.39, 0.29) is 18.0 Å². The minimum atomic E-state index is -1.31. The summed E-state index contributed by atoms with van der Waals surface area (Å²) in [5, 5.41) is 0. The van der Waals surface area contributed by atoms with Crippen LogP contribution in [0.1, 0.15) is 57.3 Å². The molecule has 0 radical (unpaired) electrons. The standard InChI is InChI=1S/C29H35F2N5O2.C2H4O/c1-18-15-26(22(31)16-21(18)30)37-20-9-13-36(14-10-20)29-28(33-25-17-35(2)12-11-23(25)34-29)24-7-4-8-27(32-24)38-19-5-3-6-19;1-2-3/h4,7-8,15-16,18-21H,3,5-6,9-14,17H2,1-2H3;2H,1H3/t18?,21-;/m0./s1. The van der Waals surface area contributed by atoms with Gasteiger partial charge in [-0.2, -0.15) is 0 Å². The summed E-state index contributed by atoms with van der Waals surface area (Å²) >= 11 is 0. The molecule has 4 heterocycles. The Morgan fingerprint density at radius 2 is 1.71 bits per heavy atom. The van der Waals surface area contributed by atoms with Gasteiger partial charge in [-0.25, -0.2) is 23.7 Å². The molecular weight excluding hydrogens is 528 g/mol. The summed E-state index contributed by atoms with van der Waals surface area (Å²) in [6.07, 6.45) is 7.73. The van der Waals surface area contributed by atoms with E-state index in [0.717, 1.165) is 73.3 Å². The lowest BCUT2D eigenvalue weighted by Gasteiger charge is -2.35. The molecule has 2 atom stereocenters. The van der Waals surface area contributed by atoms with Crippen molar-refractivity contribution in [2.24, 2.45) is 5.92 Å². The van der Waals surface area contributed by atoms with Gasteiger partial charge in [0.2, 0.25) is 5.88 Å². The lowest BCUT2D eigenvalue weighted by molar-refractivity contribution is -0.106. The van der Waals surface area contributed by atoms with Crippen LogP contribution in [0.3, 0.4) is 0 Å². The Hall–Kier alpha value is -3.40. The number of piperidine rings is 1. The third kappa shape index (κ3) is 6.92. The van der Waals surface area contributed by atoms with Crippen molar-refractivity contribution in [3.05, 3.63) is 53.3 Å². The number of carbonyl (C=O) groups excluding carboxylic acids is 1. The van der Waals surface area contributed by atoms with Gasteiger partial charge in [-0.15, -0.1) is 0 Å². The van der Waals surface area contributed by atoms with Gasteiger partial charge >= 0.3 is 0 Å². The van der Waals surface area contributed by atoms with Crippen molar-refractivity contribution in [3.8, 4) is 17.3 Å². The van der Waals surface area contributed by atoms with Crippen LogP contribution in [-0.4, -0.2) is 71.2 Å². The first kappa shape index (κ1) is 29.1. The van der Waals surface area contributed by atoms with E-state index in [1.807, 2.05) is 18.2 Å². The molecule has 0 spiro atoms. The van der Waals surface area contributed by atoms with Crippen molar-refractivity contribution in [3.63, 3.8) is 0 Å². The number of fused-ring (bicyclic) bond motifs is 1. The van der Waals surface area contributed by atoms with Crippen molar-refractivity contribution in [2.45, 2.75) is 77.3 Å². The summed E-state index contributed by atoms with van der Waals surface area (Å²) in [5.41, 5.74) is 3.56. The van der Waals surface area contributed by atoms with Gasteiger partial charge in [-0.05, 0) is 51.5 Å². The number of alkyl halides is 1. The zero-order chi connectivity index (χ0) is 28.9. The Morgan fingerprint density at radius 3 is 2.41 bits per heavy atom. The lowest BCUT2D eigenvalue weighted by atomic mass is 9.96. The largest absolute Gasteiger partial charge is 0.488 e. The van der Waals surface area contributed by atoms with Crippen molar-refractivity contribution in [2.75, 3.05) is 31.6 Å². The minimum Gasteiger partial charge on any atom is -0.488 e. The SMILES string of the molecule is CC1C=C(OC2CCN(c3nc4c(nc3-c3cccc(OC5CCC5)n3)CN(C)CC4)CC2)C(F)=C[C@@H]1F.CC=O. The number of pyridine rings is 1. The van der Waals surface area contributed by atoms with Crippen molar-refractivity contribution in [1.29, 1.82) is 0 Å². The van der Waals surface area contributed by atoms with E-state index in [1.165, 1.54) is 13.3 Å². The first-order valence-corrected chi connectivity index (χ1v) is 14.6. The van der Waals surface area contributed by atoms with Gasteiger partial charge in [-0.1, -0.05) is 13.0 Å². The highest BCUT2D eigenvalue weighted by Crippen LogP contribution is 2.34. The summed E-state index contributed by atoms with van der Waals surface area (Å²) < 4.78 is 40.2. The molecule has 2 aromatic rings. The molecule has 2 aliphatic heterocycles. The van der Waals surface area contributed by atoms with Gasteiger partial charge in [0, 0.05) is 57.4 Å². The summed E-state index contributed by atoms with van der Waals surface area (Å²) in [5.74, 6) is 0.615. The lowest BCUT2D eigenvalue weighted by Crippen LogP contribution is -2.39. The predicted octanol–water partition coefficient (Wildman–Crippen LogP) is 5.37. The van der Waals surface area contributed by atoms with Gasteiger partial charge in [-0.3, -0.25) is 0 Å². The highest BCUT2D eigenvalue weighted by molar-refractivity contribution is 5.70. The van der Waals surface area contributed by atoms with Gasteiger partial charge in [0.25, 0.3) is 0 Å². The highest BCUT2D eigenvalue weighted by atomic mass is 19.1. The van der Waals surface area contributed by atoms with Crippen LogP contribution >= 0.6 is 0 Å². The number of ether oxygens (including phenoxy) is 2. The second kappa shape index (κ2) is 13.1. The molecule has 8 nitrogen and oxygen atoms in total. The fourth-order valence-electron chi connectivity index (χ4n) is 5.36. The molecule has 2 aliphatic carbocycles. The average Bonchev–Trinajstić information content (AvgIpc) is 2.94. The van der Waals surface area contributed by atoms with Crippen LogP contribution in [0, 0.1) is 5.92 Å². The Bertz CT molecular complexity index is 1290. The van der Waals surface area contributed by atoms with Crippen molar-refractivity contribution in [1.82, 2.24) is 19.9 Å². The molecule has 2 aromatic heterocycles. The first-order valence-electron chi connectivity index (χ1n) is 14.6. The molecule has 0 N–H and O–H groups in total. The summed E-state index contributed by atoms with van der Waals surface area (Å²) in [6.45, 7) is 6.28. The zero-order valence-electron chi connectivity index (χ0n) is 24.1. The van der Waals surface area contributed by atoms with Crippen LogP contribution in [0.25, 0.3) is 11.4 Å². The van der Waals surface area contributed by atoms with Gasteiger partial charge in [0.1, 0.15) is 30.4 Å². The molecule has 6 rings (SSSR count). The van der Waals surface area contributed by atoms with Crippen molar-refractivity contribution < 1.29 is 23.0 Å². The number of nitrogens with zero attached hydrogens (tertiary/aromatic N) is 5. The number of halogens is 2. The normalized spacial score (nSPS) is 23.3. The van der Waals surface area contributed by atoms with Crippen LogP contribution in [0.4, 0.5) is 14.6 Å². The van der Waals surface area contributed by atoms with E-state index in [0.29, 0.717) is 31.8 Å². The number of aldehydes is 1. The van der Waals surface area contributed by atoms with Crippen LogP contribution in [0.15, 0.2) is 41.9 Å². The number of hydrogen-bond donors (Lipinski definition) is 0. The number of anilines is 1. The maximum absolute atomic E-state index is 14.3. The second-order valence-electron chi connectivity index (χ2n) is 11.2. The van der Waals surface area contributed by atoms with E-state index in [2.05, 4.69) is 16.8 Å². The third-order valence-corrected chi connectivity index (χ3v) is 7.98. The summed E-state index contributed by atoms with van der Waals surface area (Å²) in [4.78, 5) is 28.4. The molecule has 220 valence electrons. The molecule has 1 saturated heterocycles. The molecule has 4 aliphatic rings. The van der Waals surface area contributed by atoms with Gasteiger partial charge < -0.3 is 24.1 Å². The summed E-state index contributed by atoms with van der Waals surface area (Å²) in [7, 11) is 2.10. The maximum Gasteiger partial charge on any atom is 0.214 e. The minimum absolute atomic E-state index is 0.139. The predicted molar refractivity (Wildman–Crippen MR) is 153 cm³/mol. The fraction of sp³-hybridized carbons (Fsp3) is 0.548. The number of aromatic nitrogens is 3. The molecule has 2 fully saturated rings. The van der Waals surface area contributed by atoms with E-state index in [1.54, 1.807) is 13.0 Å². The van der Waals surface area contributed by atoms with E-state index in [9.17, 15) is 8.78 Å². The fourth-order valence-corrected chi connectivity index (χ4v) is 5.36. The van der Waals surface area contributed by atoms with Crippen LogP contribution in [-0.2, 0) is 22.5 Å². The molecule has 0 aromatic carbocycles. The number of allylic oxidation sites excluding steroid dienone is 3. The Balaban J connectivity index is 0.00000108. The summed E-state index contributed by atoms with van der Waals surface area (Å²) in [6, 6.07) is 5.85. The average molecular weight is 568 g/mol. The molecule has 10 heteroatoms. The highest BCUT2D eigenvalue weighted by Gasteiger charge is 2.30. The molecule has 1 unspecified atom stereocenters. The zero-order valence-corrected chi connectivity index (χ0v) is 24.1. The monoisotopic (exact) mass is 567 g/mol. The smallest absolute Gasteiger partial charge is 0.214 e. The van der Waals surface area contributed by atoms with Crippen molar-refractivity contribution >= 4 is 12.1 Å². The Kier molecular flexibility index (Phi) is 9.27. The van der Waals surface area contributed by atoms with Gasteiger partial charge in [0.05, 0.1) is 17.1 Å². The van der Waals surface area contributed by atoms with E-state index in [4.69, 9.17) is 29.2 Å². The molecule has 0 bridgehead atoms. The van der Waals surface area contributed by atoms with E-state index >= 15 is 0 Å². The molecule has 1 saturated carbocycles. The van der Waals surface area contributed by atoms with Crippen LogP contribution in [0.5, 0.6) is 5.88 Å². The quantitative estimate of drug-likeness (QED) is 0.431. The maximum atomic E-state index is 14.3. The van der Waals surface area contributed by atoms with E-state index < -0.39 is 17.9 Å². The molecule has 41 heavy (non-hydrogen) atoms. The Morgan fingerprint density at radius 1 is 0.976 bits per heavy atom. The first-order chi connectivity index (χ1) is 19.8. The molecule has 0 amide bonds. The second-order valence-corrected chi connectivity index (χ2v) is 11.2. The topological polar surface area (TPSA) is 80.7 Å². The number of hydrogen-bond acceptors (Lipinski definition) is 8.